The molecule has 0 N–H and O–H groups in total. The molecule has 1 heterocycles. The van der Waals surface area contributed by atoms with Crippen LogP contribution in [0.15, 0.2) is 18.2 Å². The second-order valence-corrected chi connectivity index (χ2v) is 3.06. The Kier molecular flexibility index (Phi) is 2.75. The van der Waals surface area contributed by atoms with Gasteiger partial charge in [0.15, 0.2) is 0 Å². The van der Waals surface area contributed by atoms with Crippen molar-refractivity contribution in [2.45, 2.75) is 6.29 Å². The lowest BCUT2D eigenvalue weighted by molar-refractivity contribution is -0.0216. The van der Waals surface area contributed by atoms with Gasteiger partial charge in [-0.3, -0.25) is 4.79 Å². The van der Waals surface area contributed by atoms with Crippen molar-refractivity contribution < 1.29 is 23.0 Å². The zero-order valence-corrected chi connectivity index (χ0v) is 7.70. The highest BCUT2D eigenvalue weighted by molar-refractivity contribution is 5.98. The number of ketones is 1. The molecule has 0 spiro atoms. The Bertz CT molecular complexity index is 386. The molecule has 0 aromatic heterocycles. The molecular weight excluding hydrogens is 206 g/mol. The molecule has 1 aliphatic rings. The number of hydrogen-bond donors (Lipinski definition) is 0. The number of halogens is 2. The molecule has 1 aromatic rings. The summed E-state index contributed by atoms with van der Waals surface area (Å²) >= 11 is 0. The summed E-state index contributed by atoms with van der Waals surface area (Å²) in [5.74, 6) is -2.25. The van der Waals surface area contributed by atoms with Crippen molar-refractivity contribution in [2.75, 3.05) is 13.2 Å². The molecule has 0 aliphatic carbocycles. The van der Waals surface area contributed by atoms with E-state index in [0.29, 0.717) is 19.3 Å². The number of carbonyl (C=O) groups excluding carboxylic acids is 1. The fourth-order valence-electron chi connectivity index (χ4n) is 1.33. The Balaban J connectivity index is 2.24. The van der Waals surface area contributed by atoms with Crippen molar-refractivity contribution in [3.05, 3.63) is 35.4 Å². The average molecular weight is 214 g/mol. The van der Waals surface area contributed by atoms with Gasteiger partial charge >= 0.3 is 0 Å². The summed E-state index contributed by atoms with van der Waals surface area (Å²) in [5, 5.41) is 0. The predicted molar refractivity (Wildman–Crippen MR) is 46.4 cm³/mol. The molecule has 0 atom stereocenters. The van der Waals surface area contributed by atoms with Crippen molar-refractivity contribution in [1.29, 1.82) is 0 Å². The number of Topliss-reactive ketones (excluding diaryl/α,β-unsaturated/α-hetero) is 1. The highest BCUT2D eigenvalue weighted by atomic mass is 19.1. The van der Waals surface area contributed by atoms with E-state index in [1.807, 2.05) is 0 Å². The number of hydrogen-bond acceptors (Lipinski definition) is 3. The van der Waals surface area contributed by atoms with Crippen LogP contribution >= 0.6 is 0 Å². The van der Waals surface area contributed by atoms with Crippen molar-refractivity contribution in [3.8, 4) is 0 Å². The van der Waals surface area contributed by atoms with Crippen LogP contribution in [0.2, 0.25) is 0 Å². The molecule has 0 bridgehead atoms. The maximum Gasteiger partial charge on any atom is 0.222 e. The number of benzene rings is 1. The quantitative estimate of drug-likeness (QED) is 0.700. The number of rotatable bonds is 2. The molecule has 0 saturated carbocycles. The largest absolute Gasteiger partial charge is 0.343 e. The standard InChI is InChI=1S/C10H8F2O3/c11-6-1-2-7(8(12)5-6)9(13)10-14-3-4-15-10/h1-2,5,10H,3-4H2. The van der Waals surface area contributed by atoms with Crippen LogP contribution in [0.1, 0.15) is 10.4 Å². The van der Waals surface area contributed by atoms with Gasteiger partial charge in [-0.1, -0.05) is 0 Å². The summed E-state index contributed by atoms with van der Waals surface area (Å²) in [5.41, 5.74) is -0.219. The molecule has 5 heteroatoms. The van der Waals surface area contributed by atoms with Crippen LogP contribution in [-0.2, 0) is 9.47 Å². The van der Waals surface area contributed by atoms with Crippen LogP contribution in [0.4, 0.5) is 8.78 Å². The molecule has 1 fully saturated rings. The Labute approximate surface area is 84.6 Å². The van der Waals surface area contributed by atoms with E-state index < -0.39 is 23.7 Å². The third kappa shape index (κ3) is 2.03. The van der Waals surface area contributed by atoms with Gasteiger partial charge in [0.25, 0.3) is 0 Å². The molecule has 1 aliphatic heterocycles. The maximum absolute atomic E-state index is 13.2. The van der Waals surface area contributed by atoms with E-state index in [2.05, 4.69) is 0 Å². The molecule has 0 unspecified atom stereocenters. The minimum atomic E-state index is -1.06. The first-order valence-corrected chi connectivity index (χ1v) is 4.41. The second-order valence-electron chi connectivity index (χ2n) is 3.06. The molecule has 1 aromatic carbocycles. The van der Waals surface area contributed by atoms with Crippen molar-refractivity contribution in [1.82, 2.24) is 0 Å². The van der Waals surface area contributed by atoms with Gasteiger partial charge in [0, 0.05) is 6.07 Å². The zero-order chi connectivity index (χ0) is 10.8. The third-order valence-electron chi connectivity index (χ3n) is 2.03. The zero-order valence-electron chi connectivity index (χ0n) is 7.70. The van der Waals surface area contributed by atoms with Crippen LogP contribution in [-0.4, -0.2) is 25.3 Å². The van der Waals surface area contributed by atoms with Gasteiger partial charge in [-0.05, 0) is 12.1 Å². The predicted octanol–water partition coefficient (Wildman–Crippen LogP) is 1.52. The summed E-state index contributed by atoms with van der Waals surface area (Å²) in [4.78, 5) is 11.6. The van der Waals surface area contributed by atoms with E-state index >= 15 is 0 Å². The Morgan fingerprint density at radius 2 is 1.93 bits per heavy atom. The highest BCUT2D eigenvalue weighted by Crippen LogP contribution is 2.15. The first-order chi connectivity index (χ1) is 7.18. The van der Waals surface area contributed by atoms with Crippen LogP contribution in [0.25, 0.3) is 0 Å². The van der Waals surface area contributed by atoms with Crippen molar-refractivity contribution in [3.63, 3.8) is 0 Å². The molecule has 0 radical (unpaired) electrons. The van der Waals surface area contributed by atoms with E-state index in [9.17, 15) is 13.6 Å². The fraction of sp³-hybridized carbons (Fsp3) is 0.300. The van der Waals surface area contributed by atoms with E-state index in [1.165, 1.54) is 0 Å². The maximum atomic E-state index is 13.2. The highest BCUT2D eigenvalue weighted by Gasteiger charge is 2.27. The lowest BCUT2D eigenvalue weighted by Gasteiger charge is -2.08. The Morgan fingerprint density at radius 1 is 1.27 bits per heavy atom. The van der Waals surface area contributed by atoms with Crippen LogP contribution in [0.5, 0.6) is 0 Å². The second kappa shape index (κ2) is 4.04. The van der Waals surface area contributed by atoms with Gasteiger partial charge in [0.1, 0.15) is 11.6 Å². The van der Waals surface area contributed by atoms with Crippen molar-refractivity contribution in [2.24, 2.45) is 0 Å². The number of carbonyl (C=O) groups is 1. The van der Waals surface area contributed by atoms with Gasteiger partial charge in [-0.25, -0.2) is 8.78 Å². The SMILES string of the molecule is O=C(c1ccc(F)cc1F)C1OCCO1. The van der Waals surface area contributed by atoms with Crippen molar-refractivity contribution >= 4 is 5.78 Å². The van der Waals surface area contributed by atoms with Gasteiger partial charge < -0.3 is 9.47 Å². The van der Waals surface area contributed by atoms with Crippen LogP contribution in [0.3, 0.4) is 0 Å². The van der Waals surface area contributed by atoms with E-state index in [-0.39, 0.29) is 5.56 Å². The van der Waals surface area contributed by atoms with E-state index in [4.69, 9.17) is 9.47 Å². The fourth-order valence-corrected chi connectivity index (χ4v) is 1.33. The molecular formula is C10H8F2O3. The van der Waals surface area contributed by atoms with Crippen LogP contribution < -0.4 is 0 Å². The number of ether oxygens (including phenoxy) is 2. The van der Waals surface area contributed by atoms with Gasteiger partial charge in [-0.15, -0.1) is 0 Å². The first-order valence-electron chi connectivity index (χ1n) is 4.41. The summed E-state index contributed by atoms with van der Waals surface area (Å²) in [6, 6.07) is 2.76. The third-order valence-corrected chi connectivity index (χ3v) is 2.03. The molecule has 1 saturated heterocycles. The van der Waals surface area contributed by atoms with Gasteiger partial charge in [0.2, 0.25) is 12.1 Å². The normalized spacial score (nSPS) is 16.9. The minimum Gasteiger partial charge on any atom is -0.343 e. The summed E-state index contributed by atoms with van der Waals surface area (Å²) in [6.45, 7) is 0.610. The Hall–Kier alpha value is -1.33. The smallest absolute Gasteiger partial charge is 0.222 e. The Morgan fingerprint density at radius 3 is 2.53 bits per heavy atom. The van der Waals surface area contributed by atoms with Crippen LogP contribution in [0, 0.1) is 11.6 Å². The van der Waals surface area contributed by atoms with Gasteiger partial charge in [-0.2, -0.15) is 0 Å². The summed E-state index contributed by atoms with van der Waals surface area (Å²) < 4.78 is 35.6. The lowest BCUT2D eigenvalue weighted by atomic mass is 10.1. The van der Waals surface area contributed by atoms with Gasteiger partial charge in [0.05, 0.1) is 18.8 Å². The molecule has 15 heavy (non-hydrogen) atoms. The summed E-state index contributed by atoms with van der Waals surface area (Å²) in [7, 11) is 0. The molecule has 2 rings (SSSR count). The average Bonchev–Trinajstić information content (AvgIpc) is 2.69. The van der Waals surface area contributed by atoms with E-state index in [1.54, 1.807) is 0 Å². The molecule has 80 valence electrons. The molecule has 3 nitrogen and oxygen atoms in total. The monoisotopic (exact) mass is 214 g/mol. The molecule has 0 amide bonds. The summed E-state index contributed by atoms with van der Waals surface area (Å²) in [6.07, 6.45) is -1.06. The van der Waals surface area contributed by atoms with E-state index in [0.717, 1.165) is 12.1 Å². The lowest BCUT2D eigenvalue weighted by Crippen LogP contribution is -2.22. The topological polar surface area (TPSA) is 35.5 Å². The first kappa shape index (κ1) is 10.2. The minimum absolute atomic E-state index is 0.219.